The molecular weight excluding hydrogens is 1010 g/mol. The second-order valence-electron chi connectivity index (χ2n) is 24.1. The lowest BCUT2D eigenvalue weighted by Gasteiger charge is -2.18. The molecule has 0 aromatic carbocycles. The van der Waals surface area contributed by atoms with E-state index in [1.54, 1.807) is 0 Å². The summed E-state index contributed by atoms with van der Waals surface area (Å²) < 4.78 is 17.0. The largest absolute Gasteiger partial charge is 0.462 e. The van der Waals surface area contributed by atoms with Gasteiger partial charge in [0.05, 0.1) is 0 Å². The van der Waals surface area contributed by atoms with Crippen LogP contribution < -0.4 is 0 Å². The van der Waals surface area contributed by atoms with Crippen molar-refractivity contribution in [2.24, 2.45) is 0 Å². The molecule has 0 saturated carbocycles. The molecule has 0 spiro atoms. The van der Waals surface area contributed by atoms with Gasteiger partial charge < -0.3 is 14.2 Å². The molecule has 0 aromatic heterocycles. The van der Waals surface area contributed by atoms with Crippen LogP contribution >= 0.6 is 0 Å². The Labute approximate surface area is 510 Å². The van der Waals surface area contributed by atoms with Crippen molar-refractivity contribution in [1.82, 2.24) is 0 Å². The lowest BCUT2D eigenvalue weighted by molar-refractivity contribution is -0.167. The minimum absolute atomic E-state index is 0.0740. The molecule has 0 aliphatic heterocycles. The Hall–Kier alpha value is -3.15. The van der Waals surface area contributed by atoms with E-state index < -0.39 is 6.10 Å². The normalized spacial score (nSPS) is 12.5. The molecule has 1 unspecified atom stereocenters. The van der Waals surface area contributed by atoms with Crippen LogP contribution in [0.1, 0.15) is 374 Å². The zero-order valence-electron chi connectivity index (χ0n) is 54.8. The Bertz CT molecular complexity index is 1500. The molecule has 0 amide bonds. The number of ether oxygens (including phenoxy) is 3. The summed E-state index contributed by atoms with van der Waals surface area (Å²) in [4.78, 5) is 38.4. The minimum Gasteiger partial charge on any atom is -0.462 e. The molecule has 0 heterocycles. The summed E-state index contributed by atoms with van der Waals surface area (Å²) in [6.45, 7) is 6.56. The lowest BCUT2D eigenvalue weighted by atomic mass is 10.0. The monoisotopic (exact) mass is 1150 g/mol. The predicted octanol–water partition coefficient (Wildman–Crippen LogP) is 24.8. The van der Waals surface area contributed by atoms with Gasteiger partial charge in [-0.1, -0.05) is 338 Å². The number of carbonyl (C=O) groups excluding carboxylic acids is 3. The third kappa shape index (κ3) is 67.6. The first-order valence-corrected chi connectivity index (χ1v) is 35.9. The fourth-order valence-electron chi connectivity index (χ4n) is 10.6. The third-order valence-corrected chi connectivity index (χ3v) is 15.9. The van der Waals surface area contributed by atoms with E-state index in [4.69, 9.17) is 14.2 Å². The van der Waals surface area contributed by atoms with E-state index >= 15 is 0 Å². The van der Waals surface area contributed by atoms with Crippen molar-refractivity contribution in [1.29, 1.82) is 0 Å². The van der Waals surface area contributed by atoms with Crippen molar-refractivity contribution in [2.45, 2.75) is 380 Å². The van der Waals surface area contributed by atoms with Crippen LogP contribution in [-0.2, 0) is 28.6 Å². The van der Waals surface area contributed by atoms with Crippen LogP contribution in [0.2, 0.25) is 0 Å². The highest BCUT2D eigenvalue weighted by Crippen LogP contribution is 2.18. The number of carbonyl (C=O) groups is 3. The summed E-state index contributed by atoms with van der Waals surface area (Å²) in [7, 11) is 0. The molecule has 0 radical (unpaired) electrons. The Morgan fingerprint density at radius 1 is 0.256 bits per heavy atom. The van der Waals surface area contributed by atoms with Gasteiger partial charge in [-0.15, -0.1) is 0 Å². The van der Waals surface area contributed by atoms with Gasteiger partial charge in [-0.3, -0.25) is 14.4 Å². The summed E-state index contributed by atoms with van der Waals surface area (Å²) in [5.74, 6) is -0.861. The Morgan fingerprint density at radius 2 is 0.476 bits per heavy atom. The topological polar surface area (TPSA) is 78.9 Å². The number of hydrogen-bond acceptors (Lipinski definition) is 6. The summed E-state index contributed by atoms with van der Waals surface area (Å²) in [5.41, 5.74) is 0. The maximum atomic E-state index is 13.0. The molecule has 0 saturated heterocycles. The van der Waals surface area contributed by atoms with Crippen LogP contribution in [0.25, 0.3) is 0 Å². The van der Waals surface area contributed by atoms with E-state index in [1.165, 1.54) is 238 Å². The first kappa shape index (κ1) is 78.8. The second-order valence-corrected chi connectivity index (χ2v) is 24.1. The highest BCUT2D eigenvalue weighted by atomic mass is 16.6. The van der Waals surface area contributed by atoms with E-state index in [0.717, 1.165) is 96.3 Å². The van der Waals surface area contributed by atoms with E-state index in [-0.39, 0.29) is 31.1 Å². The summed E-state index contributed by atoms with van der Waals surface area (Å²) >= 11 is 0. The van der Waals surface area contributed by atoms with Gasteiger partial charge in [0.25, 0.3) is 0 Å². The number of allylic oxidation sites excluding steroid dienone is 12. The maximum Gasteiger partial charge on any atom is 0.306 e. The molecule has 0 bridgehead atoms. The average Bonchev–Trinajstić information content (AvgIpc) is 3.47. The fourth-order valence-corrected chi connectivity index (χ4v) is 10.6. The highest BCUT2D eigenvalue weighted by Gasteiger charge is 2.19. The van der Waals surface area contributed by atoms with Gasteiger partial charge in [0, 0.05) is 19.3 Å². The molecule has 0 rings (SSSR count). The van der Waals surface area contributed by atoms with Gasteiger partial charge in [0.15, 0.2) is 6.10 Å². The molecule has 82 heavy (non-hydrogen) atoms. The summed E-state index contributed by atoms with van der Waals surface area (Å²) in [6.07, 6.45) is 92.2. The zero-order chi connectivity index (χ0) is 59.2. The second kappa shape index (κ2) is 70.3. The Morgan fingerprint density at radius 3 is 0.780 bits per heavy atom. The van der Waals surface area contributed by atoms with Crippen molar-refractivity contribution in [2.75, 3.05) is 13.2 Å². The van der Waals surface area contributed by atoms with Gasteiger partial charge in [0.1, 0.15) is 13.2 Å². The van der Waals surface area contributed by atoms with Crippen LogP contribution in [-0.4, -0.2) is 37.2 Å². The fraction of sp³-hybridized carbons (Fsp3) is 0.803. The third-order valence-electron chi connectivity index (χ3n) is 15.9. The van der Waals surface area contributed by atoms with Crippen molar-refractivity contribution in [3.05, 3.63) is 72.9 Å². The van der Waals surface area contributed by atoms with Crippen LogP contribution in [0.15, 0.2) is 72.9 Å². The van der Waals surface area contributed by atoms with Crippen molar-refractivity contribution >= 4 is 17.9 Å². The predicted molar refractivity (Wildman–Crippen MR) is 358 cm³/mol. The van der Waals surface area contributed by atoms with Gasteiger partial charge in [-0.2, -0.15) is 0 Å². The number of unbranched alkanes of at least 4 members (excludes halogenated alkanes) is 43. The Kier molecular flexibility index (Phi) is 67.6. The molecule has 6 nitrogen and oxygen atoms in total. The van der Waals surface area contributed by atoms with Gasteiger partial charge in [0.2, 0.25) is 0 Å². The molecule has 1 atom stereocenters. The number of rotatable bonds is 66. The van der Waals surface area contributed by atoms with Gasteiger partial charge in [-0.25, -0.2) is 0 Å². The van der Waals surface area contributed by atoms with E-state index in [9.17, 15) is 14.4 Å². The van der Waals surface area contributed by atoms with Crippen molar-refractivity contribution < 1.29 is 28.6 Å². The maximum absolute atomic E-state index is 13.0. The molecule has 0 aromatic rings. The highest BCUT2D eigenvalue weighted by molar-refractivity contribution is 5.71. The molecular formula is C76H136O6. The zero-order valence-corrected chi connectivity index (χ0v) is 54.8. The minimum atomic E-state index is -0.778. The molecule has 0 aliphatic rings. The summed E-state index contributed by atoms with van der Waals surface area (Å²) in [6, 6.07) is 0. The quantitative estimate of drug-likeness (QED) is 0.0261. The number of esters is 3. The van der Waals surface area contributed by atoms with E-state index in [2.05, 4.69) is 93.7 Å². The van der Waals surface area contributed by atoms with Crippen LogP contribution in [0, 0.1) is 0 Å². The first-order valence-electron chi connectivity index (χ1n) is 35.9. The average molecular weight is 1150 g/mol. The molecule has 476 valence electrons. The van der Waals surface area contributed by atoms with Crippen LogP contribution in [0.4, 0.5) is 0 Å². The first-order chi connectivity index (χ1) is 40.5. The van der Waals surface area contributed by atoms with Gasteiger partial charge >= 0.3 is 17.9 Å². The molecule has 0 fully saturated rings. The smallest absolute Gasteiger partial charge is 0.306 e. The van der Waals surface area contributed by atoms with E-state index in [0.29, 0.717) is 19.3 Å². The van der Waals surface area contributed by atoms with Crippen molar-refractivity contribution in [3.8, 4) is 0 Å². The molecule has 0 N–H and O–H groups in total. The van der Waals surface area contributed by atoms with Crippen molar-refractivity contribution in [3.63, 3.8) is 0 Å². The standard InChI is InChI=1S/C76H136O6/c1-4-7-10-13-16-19-22-25-27-29-31-33-35-36-37-38-39-40-42-43-45-47-49-51-54-57-60-63-66-69-75(78)81-72-73(71-80-74(77)68-65-62-59-56-53-24-21-18-15-12-9-6-3)82-76(79)70-67-64-61-58-55-52-50-48-46-44-41-34-32-30-28-26-23-20-17-14-11-8-5-2/h7,10,16,18-19,21,25,27,31,33,36-37,73H,4-6,8-9,11-15,17,20,22-24,26,28-30,32,34-35,38-72H2,1-3H3/b10-7-,19-16-,21-18-,27-25-,33-31-,37-36-. The van der Waals surface area contributed by atoms with Crippen LogP contribution in [0.5, 0.6) is 0 Å². The van der Waals surface area contributed by atoms with Crippen LogP contribution in [0.3, 0.4) is 0 Å². The lowest BCUT2D eigenvalue weighted by Crippen LogP contribution is -2.30. The summed E-state index contributed by atoms with van der Waals surface area (Å²) in [5, 5.41) is 0. The van der Waals surface area contributed by atoms with Gasteiger partial charge in [-0.05, 0) is 89.9 Å². The molecule has 6 heteroatoms. The number of hydrogen-bond donors (Lipinski definition) is 0. The Balaban J connectivity index is 4.21. The molecule has 0 aliphatic carbocycles. The van der Waals surface area contributed by atoms with E-state index in [1.807, 2.05) is 0 Å². The SMILES string of the molecule is CC/C=C\C/C=C\C/C=C\C/C=C\C/C=C\CCCCCCCCCCCCCCCC(=O)OCC(COC(=O)CCCCCCC/C=C\CCCCC)OC(=O)CCCCCCCCCCCCCCCCCCCCCCCCC.